The Balaban J connectivity index is 1.74. The second kappa shape index (κ2) is 5.81. The van der Waals surface area contributed by atoms with Gasteiger partial charge in [-0.1, -0.05) is 30.3 Å². The van der Waals surface area contributed by atoms with Crippen molar-refractivity contribution in [3.8, 4) is 0 Å². The largest absolute Gasteiger partial charge is 0.259 e. The number of fused-ring (bicyclic) bond motifs is 1. The van der Waals surface area contributed by atoms with Crippen molar-refractivity contribution in [2.45, 2.75) is 11.5 Å². The first-order chi connectivity index (χ1) is 9.72. The predicted molar refractivity (Wildman–Crippen MR) is 81.6 cm³/mol. The molecule has 0 aliphatic rings. The molecular formula is C15H12FNOS2. The fourth-order valence-corrected chi connectivity index (χ4v) is 4.38. The lowest BCUT2D eigenvalue weighted by Gasteiger charge is -2.01. The van der Waals surface area contributed by atoms with Crippen molar-refractivity contribution in [2.75, 3.05) is 0 Å². The third kappa shape index (κ3) is 2.94. The topological polar surface area (TPSA) is 30.0 Å². The van der Waals surface area contributed by atoms with E-state index >= 15 is 0 Å². The van der Waals surface area contributed by atoms with Crippen molar-refractivity contribution in [3.05, 3.63) is 64.9 Å². The Labute approximate surface area is 122 Å². The van der Waals surface area contributed by atoms with E-state index in [1.165, 1.54) is 6.07 Å². The average Bonchev–Trinajstić information content (AvgIpc) is 2.83. The number of nitrogens with zero attached hydrogens (tertiary/aromatic N) is 1. The Morgan fingerprint density at radius 3 is 2.60 bits per heavy atom. The third-order valence-electron chi connectivity index (χ3n) is 2.90. The lowest BCUT2D eigenvalue weighted by molar-refractivity contribution is 0.615. The number of rotatable bonds is 4. The van der Waals surface area contributed by atoms with Crippen molar-refractivity contribution in [3.63, 3.8) is 0 Å². The zero-order chi connectivity index (χ0) is 13.9. The van der Waals surface area contributed by atoms with E-state index in [-0.39, 0.29) is 11.6 Å². The van der Waals surface area contributed by atoms with E-state index in [2.05, 4.69) is 4.98 Å². The summed E-state index contributed by atoms with van der Waals surface area (Å²) in [6.07, 6.45) is 0. The van der Waals surface area contributed by atoms with E-state index in [1.807, 2.05) is 24.3 Å². The number of thiazole rings is 1. The zero-order valence-electron chi connectivity index (χ0n) is 10.6. The van der Waals surface area contributed by atoms with Crippen LogP contribution in [0.15, 0.2) is 48.5 Å². The van der Waals surface area contributed by atoms with Gasteiger partial charge in [0.15, 0.2) is 0 Å². The molecule has 0 spiro atoms. The molecule has 3 rings (SSSR count). The monoisotopic (exact) mass is 305 g/mol. The van der Waals surface area contributed by atoms with E-state index in [0.29, 0.717) is 11.3 Å². The molecule has 0 saturated heterocycles. The van der Waals surface area contributed by atoms with Crippen LogP contribution in [-0.2, 0) is 22.3 Å². The summed E-state index contributed by atoms with van der Waals surface area (Å²) >= 11 is 1.54. The van der Waals surface area contributed by atoms with Crippen LogP contribution in [0.5, 0.6) is 0 Å². The molecule has 2 nitrogen and oxygen atoms in total. The lowest BCUT2D eigenvalue weighted by Crippen LogP contribution is -2.01. The Hall–Kier alpha value is -1.59. The minimum atomic E-state index is -1.15. The number of halogens is 1. The summed E-state index contributed by atoms with van der Waals surface area (Å²) in [5, 5.41) is 0.834. The standard InChI is InChI=1S/C15H12FNOS2/c16-12-6-2-1-5-11(12)9-20(18)10-15-17-13-7-3-4-8-14(13)19-15/h1-8H,9-10H2/t20-/m0/s1. The molecule has 1 heterocycles. The second-order valence-electron chi connectivity index (χ2n) is 4.40. The van der Waals surface area contributed by atoms with Gasteiger partial charge in [0.05, 0.1) is 21.7 Å². The second-order valence-corrected chi connectivity index (χ2v) is 6.97. The van der Waals surface area contributed by atoms with E-state index < -0.39 is 10.8 Å². The molecule has 1 aromatic heterocycles. The molecule has 0 saturated carbocycles. The third-order valence-corrected chi connectivity index (χ3v) is 5.34. The Morgan fingerprint density at radius 1 is 1.05 bits per heavy atom. The van der Waals surface area contributed by atoms with Crippen LogP contribution in [0, 0.1) is 5.82 Å². The van der Waals surface area contributed by atoms with Crippen LogP contribution in [0.3, 0.4) is 0 Å². The summed E-state index contributed by atoms with van der Waals surface area (Å²) in [6, 6.07) is 14.3. The fourth-order valence-electron chi connectivity index (χ4n) is 1.96. The van der Waals surface area contributed by atoms with Gasteiger partial charge in [-0.2, -0.15) is 0 Å². The Morgan fingerprint density at radius 2 is 1.80 bits per heavy atom. The highest BCUT2D eigenvalue weighted by Crippen LogP contribution is 2.23. The molecule has 102 valence electrons. The minimum Gasteiger partial charge on any atom is -0.259 e. The van der Waals surface area contributed by atoms with Gasteiger partial charge in [0, 0.05) is 16.4 Å². The molecule has 3 aromatic rings. The van der Waals surface area contributed by atoms with Gasteiger partial charge in [-0.3, -0.25) is 4.21 Å². The summed E-state index contributed by atoms with van der Waals surface area (Å²) < 4.78 is 26.7. The highest BCUT2D eigenvalue weighted by atomic mass is 32.2. The molecule has 0 aliphatic carbocycles. The van der Waals surface area contributed by atoms with Crippen molar-refractivity contribution in [1.29, 1.82) is 0 Å². The maximum Gasteiger partial charge on any atom is 0.127 e. The Bertz CT molecular complexity index is 736. The number of benzene rings is 2. The SMILES string of the molecule is O=[S@](Cc1nc2ccccc2s1)Cc1ccccc1F. The van der Waals surface area contributed by atoms with Crippen LogP contribution < -0.4 is 0 Å². The molecule has 0 N–H and O–H groups in total. The van der Waals surface area contributed by atoms with Gasteiger partial charge in [0.25, 0.3) is 0 Å². The highest BCUT2D eigenvalue weighted by Gasteiger charge is 2.10. The van der Waals surface area contributed by atoms with Gasteiger partial charge >= 0.3 is 0 Å². The first kappa shape index (κ1) is 13.4. The molecule has 5 heteroatoms. The quantitative estimate of drug-likeness (QED) is 0.732. The van der Waals surface area contributed by atoms with Gasteiger partial charge in [-0.05, 0) is 18.2 Å². The number of hydrogen-bond acceptors (Lipinski definition) is 3. The van der Waals surface area contributed by atoms with E-state index in [1.54, 1.807) is 29.5 Å². The first-order valence-electron chi connectivity index (χ1n) is 6.15. The van der Waals surface area contributed by atoms with Crippen molar-refractivity contribution in [1.82, 2.24) is 4.98 Å². The lowest BCUT2D eigenvalue weighted by atomic mass is 10.2. The highest BCUT2D eigenvalue weighted by molar-refractivity contribution is 7.83. The normalized spacial score (nSPS) is 12.7. The molecule has 0 unspecified atom stereocenters. The van der Waals surface area contributed by atoms with Gasteiger partial charge in [-0.25, -0.2) is 9.37 Å². The van der Waals surface area contributed by atoms with E-state index in [9.17, 15) is 8.60 Å². The van der Waals surface area contributed by atoms with Gasteiger partial charge in [0.2, 0.25) is 0 Å². The van der Waals surface area contributed by atoms with E-state index in [0.717, 1.165) is 15.2 Å². The van der Waals surface area contributed by atoms with Gasteiger partial charge in [-0.15, -0.1) is 11.3 Å². The summed E-state index contributed by atoms with van der Waals surface area (Å²) in [5.41, 5.74) is 1.42. The molecule has 2 aromatic carbocycles. The molecule has 0 fully saturated rings. The minimum absolute atomic E-state index is 0.225. The maximum atomic E-state index is 13.5. The summed E-state index contributed by atoms with van der Waals surface area (Å²) in [6.45, 7) is 0. The van der Waals surface area contributed by atoms with Crippen LogP contribution in [0.4, 0.5) is 4.39 Å². The average molecular weight is 305 g/mol. The molecule has 1 atom stereocenters. The van der Waals surface area contributed by atoms with Crippen molar-refractivity contribution >= 4 is 32.4 Å². The zero-order valence-corrected chi connectivity index (χ0v) is 12.2. The molecule has 20 heavy (non-hydrogen) atoms. The van der Waals surface area contributed by atoms with Crippen molar-refractivity contribution in [2.24, 2.45) is 0 Å². The molecule has 0 bridgehead atoms. The van der Waals surface area contributed by atoms with Crippen LogP contribution in [-0.4, -0.2) is 9.19 Å². The summed E-state index contributed by atoms with van der Waals surface area (Å²) in [7, 11) is -1.15. The number of hydrogen-bond donors (Lipinski definition) is 0. The first-order valence-corrected chi connectivity index (χ1v) is 8.45. The van der Waals surface area contributed by atoms with Crippen LogP contribution >= 0.6 is 11.3 Å². The predicted octanol–water partition coefficient (Wildman–Crippen LogP) is 3.88. The fraction of sp³-hybridized carbons (Fsp3) is 0.133. The van der Waals surface area contributed by atoms with Crippen LogP contribution in [0.1, 0.15) is 10.6 Å². The number of aromatic nitrogens is 1. The van der Waals surface area contributed by atoms with Crippen LogP contribution in [0.25, 0.3) is 10.2 Å². The van der Waals surface area contributed by atoms with Crippen molar-refractivity contribution < 1.29 is 8.60 Å². The van der Waals surface area contributed by atoms with Gasteiger partial charge < -0.3 is 0 Å². The molecular weight excluding hydrogens is 293 g/mol. The van der Waals surface area contributed by atoms with Crippen LogP contribution in [0.2, 0.25) is 0 Å². The maximum absolute atomic E-state index is 13.5. The van der Waals surface area contributed by atoms with Gasteiger partial charge in [0.1, 0.15) is 10.8 Å². The molecule has 0 aliphatic heterocycles. The smallest absolute Gasteiger partial charge is 0.127 e. The summed E-state index contributed by atoms with van der Waals surface area (Å²) in [4.78, 5) is 4.45. The summed E-state index contributed by atoms with van der Waals surface area (Å²) in [5.74, 6) is 0.293. The molecule has 0 amide bonds. The van der Waals surface area contributed by atoms with E-state index in [4.69, 9.17) is 0 Å². The Kier molecular flexibility index (Phi) is 3.89. The number of para-hydroxylation sites is 1. The molecule has 0 radical (unpaired) electrons.